The molecule has 3 aliphatic rings. The molecular formula is C29H30N2O2. The first kappa shape index (κ1) is 20.5. The number of hydrogen-bond acceptors (Lipinski definition) is 4. The van der Waals surface area contributed by atoms with Crippen LogP contribution in [0.1, 0.15) is 43.9 Å². The fourth-order valence-electron chi connectivity index (χ4n) is 5.79. The van der Waals surface area contributed by atoms with E-state index in [1.807, 2.05) is 0 Å². The molecule has 0 aromatic heterocycles. The number of ether oxygens (including phenoxy) is 1. The van der Waals surface area contributed by atoms with Crippen LogP contribution in [0.2, 0.25) is 0 Å². The molecular weight excluding hydrogens is 408 g/mol. The Labute approximate surface area is 195 Å². The zero-order chi connectivity index (χ0) is 22.6. The summed E-state index contributed by atoms with van der Waals surface area (Å²) in [4.78, 5) is 15.9. The van der Waals surface area contributed by atoms with Crippen LogP contribution < -0.4 is 10.2 Å². The van der Waals surface area contributed by atoms with Crippen LogP contribution in [0.4, 0.5) is 11.4 Å². The number of carbonyl (C=O) groups is 1. The Balaban J connectivity index is 1.47. The first-order chi connectivity index (χ1) is 16.0. The lowest BCUT2D eigenvalue weighted by Crippen LogP contribution is -2.36. The molecule has 0 radical (unpaired) electrons. The number of nitrogens with zero attached hydrogens (tertiary/aromatic N) is 1. The lowest BCUT2D eigenvalue weighted by atomic mass is 9.68. The van der Waals surface area contributed by atoms with Crippen LogP contribution in [-0.2, 0) is 9.53 Å². The van der Waals surface area contributed by atoms with Gasteiger partial charge in [0.2, 0.25) is 0 Å². The molecule has 4 nitrogen and oxygen atoms in total. The predicted molar refractivity (Wildman–Crippen MR) is 135 cm³/mol. The molecule has 2 aliphatic heterocycles. The maximum absolute atomic E-state index is 13.6. The summed E-state index contributed by atoms with van der Waals surface area (Å²) in [6.07, 6.45) is 1.51. The van der Waals surface area contributed by atoms with Crippen LogP contribution in [0.15, 0.2) is 66.2 Å². The first-order valence-corrected chi connectivity index (χ1v) is 12.0. The van der Waals surface area contributed by atoms with Crippen molar-refractivity contribution in [1.82, 2.24) is 0 Å². The molecule has 3 aromatic carbocycles. The van der Waals surface area contributed by atoms with Gasteiger partial charge in [0, 0.05) is 42.0 Å². The molecule has 33 heavy (non-hydrogen) atoms. The zero-order valence-corrected chi connectivity index (χ0v) is 19.4. The highest BCUT2D eigenvalue weighted by molar-refractivity contribution is 6.12. The molecule has 0 spiro atoms. The molecule has 4 heteroatoms. The van der Waals surface area contributed by atoms with Crippen molar-refractivity contribution in [3.63, 3.8) is 0 Å². The van der Waals surface area contributed by atoms with Crippen LogP contribution in [0.25, 0.3) is 16.3 Å². The number of fused-ring (bicyclic) bond motifs is 4. The van der Waals surface area contributed by atoms with Crippen molar-refractivity contribution in [3.8, 4) is 0 Å². The number of benzene rings is 3. The Morgan fingerprint density at radius 2 is 1.70 bits per heavy atom. The molecule has 3 aromatic rings. The molecule has 2 heterocycles. The number of anilines is 2. The van der Waals surface area contributed by atoms with Crippen molar-refractivity contribution in [3.05, 3.63) is 77.4 Å². The van der Waals surface area contributed by atoms with Crippen LogP contribution in [0, 0.1) is 5.41 Å². The highest BCUT2D eigenvalue weighted by atomic mass is 16.5. The molecule has 6 rings (SSSR count). The number of nitrogens with one attached hydrogen (secondary N) is 1. The van der Waals surface area contributed by atoms with Crippen molar-refractivity contribution < 1.29 is 9.53 Å². The molecule has 0 amide bonds. The summed E-state index contributed by atoms with van der Waals surface area (Å²) >= 11 is 0. The lowest BCUT2D eigenvalue weighted by molar-refractivity contribution is -0.118. The number of Topliss-reactive ketones (excluding diaryl/α,β-unsaturated/α-hetero) is 1. The Hall–Kier alpha value is -3.11. The summed E-state index contributed by atoms with van der Waals surface area (Å²) in [6.45, 7) is 7.82. The van der Waals surface area contributed by atoms with Gasteiger partial charge in [0.25, 0.3) is 0 Å². The van der Waals surface area contributed by atoms with Gasteiger partial charge in [-0.25, -0.2) is 0 Å². The molecule has 1 fully saturated rings. The first-order valence-electron chi connectivity index (χ1n) is 12.0. The van der Waals surface area contributed by atoms with E-state index in [9.17, 15) is 4.79 Å². The molecule has 1 aliphatic carbocycles. The number of hydrogen-bond donors (Lipinski definition) is 1. The fraction of sp³-hybridized carbons (Fsp3) is 0.345. The van der Waals surface area contributed by atoms with Crippen molar-refractivity contribution in [2.45, 2.75) is 32.7 Å². The molecule has 1 unspecified atom stereocenters. The second-order valence-corrected chi connectivity index (χ2v) is 10.3. The second-order valence-electron chi connectivity index (χ2n) is 10.3. The van der Waals surface area contributed by atoms with E-state index < -0.39 is 0 Å². The highest BCUT2D eigenvalue weighted by Crippen LogP contribution is 2.52. The van der Waals surface area contributed by atoms with E-state index in [2.05, 4.69) is 84.7 Å². The summed E-state index contributed by atoms with van der Waals surface area (Å²) in [5.41, 5.74) is 6.85. The summed E-state index contributed by atoms with van der Waals surface area (Å²) in [7, 11) is 0. The number of morpholine rings is 1. The van der Waals surface area contributed by atoms with Crippen molar-refractivity contribution in [2.24, 2.45) is 5.41 Å². The predicted octanol–water partition coefficient (Wildman–Crippen LogP) is 5.99. The Bertz CT molecular complexity index is 1270. The quantitative estimate of drug-likeness (QED) is 0.534. The van der Waals surface area contributed by atoms with Crippen molar-refractivity contribution in [1.29, 1.82) is 0 Å². The molecule has 168 valence electrons. The van der Waals surface area contributed by atoms with E-state index in [1.165, 1.54) is 27.6 Å². The molecule has 0 bridgehead atoms. The van der Waals surface area contributed by atoms with Gasteiger partial charge in [0.15, 0.2) is 5.78 Å². The number of rotatable bonds is 2. The minimum Gasteiger partial charge on any atom is -0.378 e. The maximum Gasteiger partial charge on any atom is 0.162 e. The van der Waals surface area contributed by atoms with Crippen LogP contribution in [-0.4, -0.2) is 32.1 Å². The number of ketones is 1. The lowest BCUT2D eigenvalue weighted by Gasteiger charge is -2.40. The monoisotopic (exact) mass is 438 g/mol. The Morgan fingerprint density at radius 1 is 0.939 bits per heavy atom. The minimum atomic E-state index is -0.115. The fourth-order valence-corrected chi connectivity index (χ4v) is 5.79. The number of allylic oxidation sites excluding steroid dienone is 1. The number of carbonyl (C=O) groups excluding carboxylic acids is 1. The molecule has 1 saturated heterocycles. The summed E-state index contributed by atoms with van der Waals surface area (Å²) in [6, 6.07) is 21.5. The van der Waals surface area contributed by atoms with Gasteiger partial charge in [-0.2, -0.15) is 0 Å². The minimum absolute atomic E-state index is 0.0355. The molecule has 0 saturated carbocycles. The third-order valence-electron chi connectivity index (χ3n) is 7.34. The highest BCUT2D eigenvalue weighted by Gasteiger charge is 2.40. The van der Waals surface area contributed by atoms with Gasteiger partial charge in [-0.3, -0.25) is 4.79 Å². The van der Waals surface area contributed by atoms with E-state index in [0.717, 1.165) is 49.5 Å². The van der Waals surface area contributed by atoms with E-state index >= 15 is 0 Å². The van der Waals surface area contributed by atoms with E-state index in [4.69, 9.17) is 4.74 Å². The molecule has 1 N–H and O–H groups in total. The average Bonchev–Trinajstić information content (AvgIpc) is 2.83. The van der Waals surface area contributed by atoms with Gasteiger partial charge >= 0.3 is 0 Å². The van der Waals surface area contributed by atoms with Crippen LogP contribution in [0.5, 0.6) is 0 Å². The smallest absolute Gasteiger partial charge is 0.162 e. The van der Waals surface area contributed by atoms with Crippen molar-refractivity contribution in [2.75, 3.05) is 36.5 Å². The van der Waals surface area contributed by atoms with Gasteiger partial charge < -0.3 is 15.0 Å². The topological polar surface area (TPSA) is 41.6 Å². The van der Waals surface area contributed by atoms with Gasteiger partial charge in [-0.15, -0.1) is 0 Å². The summed E-state index contributed by atoms with van der Waals surface area (Å²) in [5, 5.41) is 6.19. The third-order valence-corrected chi connectivity index (χ3v) is 7.34. The Kier molecular flexibility index (Phi) is 4.81. The second kappa shape index (κ2) is 7.74. The molecule has 1 atom stereocenters. The van der Waals surface area contributed by atoms with Crippen molar-refractivity contribution >= 4 is 33.5 Å². The SMILES string of the molecule is CC1(C)CC(=O)C2=C(C1)c1c(ccc3ccccc13)NC2c1ccc(N2CCOCC2)cc1. The van der Waals surface area contributed by atoms with E-state index in [-0.39, 0.29) is 17.2 Å². The largest absolute Gasteiger partial charge is 0.378 e. The third kappa shape index (κ3) is 3.53. The van der Waals surface area contributed by atoms with Gasteiger partial charge in [0.05, 0.1) is 19.3 Å². The summed E-state index contributed by atoms with van der Waals surface area (Å²) in [5.74, 6) is 0.273. The Morgan fingerprint density at radius 3 is 2.48 bits per heavy atom. The zero-order valence-electron chi connectivity index (χ0n) is 19.4. The van der Waals surface area contributed by atoms with E-state index in [1.54, 1.807) is 0 Å². The van der Waals surface area contributed by atoms with Crippen LogP contribution in [0.3, 0.4) is 0 Å². The average molecular weight is 439 g/mol. The standard InChI is InChI=1S/C29H30N2O2/c1-29(2)17-23-26-22-6-4-3-5-19(22)9-12-24(26)30-28(27(23)25(32)18-29)20-7-10-21(11-8-20)31-13-15-33-16-14-31/h3-12,28,30H,13-18H2,1-2H3. The van der Waals surface area contributed by atoms with Gasteiger partial charge in [-0.05, 0) is 51.9 Å². The summed E-state index contributed by atoms with van der Waals surface area (Å²) < 4.78 is 5.50. The van der Waals surface area contributed by atoms with E-state index in [0.29, 0.717) is 6.42 Å². The maximum atomic E-state index is 13.6. The van der Waals surface area contributed by atoms with Gasteiger partial charge in [-0.1, -0.05) is 56.3 Å². The normalized spacial score (nSPS) is 22.1. The van der Waals surface area contributed by atoms with Gasteiger partial charge in [0.1, 0.15) is 0 Å². The van der Waals surface area contributed by atoms with Crippen LogP contribution >= 0.6 is 0 Å².